The number of nitrogens with one attached hydrogen (secondary N) is 2. The fourth-order valence-electron chi connectivity index (χ4n) is 3.29. The molecule has 0 spiro atoms. The molecule has 2 heterocycles. The lowest BCUT2D eigenvalue weighted by Crippen LogP contribution is -2.68. The fourth-order valence-corrected chi connectivity index (χ4v) is 3.29. The lowest BCUT2D eigenvalue weighted by Gasteiger charge is -2.43. The van der Waals surface area contributed by atoms with E-state index in [-0.39, 0.29) is 5.69 Å². The molecule has 8 heteroatoms. The third-order valence-corrected chi connectivity index (χ3v) is 4.77. The number of amides is 1. The zero-order valence-electron chi connectivity index (χ0n) is 14.9. The van der Waals surface area contributed by atoms with E-state index in [1.807, 2.05) is 24.3 Å². The van der Waals surface area contributed by atoms with Crippen LogP contribution >= 0.6 is 0 Å². The molecule has 8 nitrogen and oxygen atoms in total. The molecule has 0 saturated carbocycles. The average molecular weight is 379 g/mol. The first-order chi connectivity index (χ1) is 13.5. The minimum Gasteiger partial charge on any atom is -0.497 e. The molecule has 1 fully saturated rings. The summed E-state index contributed by atoms with van der Waals surface area (Å²) in [5, 5.41) is 11.3. The van der Waals surface area contributed by atoms with Gasteiger partial charge in [-0.1, -0.05) is 18.2 Å². The Hall–Kier alpha value is -3.81. The van der Waals surface area contributed by atoms with Crippen molar-refractivity contribution in [3.8, 4) is 5.75 Å². The second-order valence-corrected chi connectivity index (χ2v) is 6.44. The highest BCUT2D eigenvalue weighted by atomic mass is 16.5. The summed E-state index contributed by atoms with van der Waals surface area (Å²) in [6, 6.07) is 14.6. The lowest BCUT2D eigenvalue weighted by molar-refractivity contribution is -0.164. The van der Waals surface area contributed by atoms with Gasteiger partial charge in [0, 0.05) is 10.9 Å². The van der Waals surface area contributed by atoms with Crippen molar-refractivity contribution in [3.63, 3.8) is 0 Å². The van der Waals surface area contributed by atoms with Gasteiger partial charge in [0.1, 0.15) is 11.8 Å². The van der Waals surface area contributed by atoms with E-state index in [1.54, 1.807) is 30.3 Å². The summed E-state index contributed by atoms with van der Waals surface area (Å²) >= 11 is 0. The maximum absolute atomic E-state index is 13.0. The Morgan fingerprint density at radius 3 is 2.50 bits per heavy atom. The van der Waals surface area contributed by atoms with E-state index in [4.69, 9.17) is 4.74 Å². The summed E-state index contributed by atoms with van der Waals surface area (Å²) < 4.78 is 5.09. The molecular weight excluding hydrogens is 362 g/mol. The smallest absolute Gasteiger partial charge is 0.318 e. The number of carboxylic acids is 1. The second kappa shape index (κ2) is 6.73. The highest BCUT2D eigenvalue weighted by Gasteiger charge is 2.56. The molecule has 142 valence electrons. The van der Waals surface area contributed by atoms with Crippen LogP contribution in [-0.2, 0) is 9.59 Å². The van der Waals surface area contributed by atoms with Crippen molar-refractivity contribution in [2.75, 3.05) is 12.5 Å². The number of anilines is 1. The molecule has 2 atom stereocenters. The maximum atomic E-state index is 13.0. The number of benzene rings is 2. The normalized spacial score (nSPS) is 18.6. The Kier molecular flexibility index (Phi) is 4.23. The second-order valence-electron chi connectivity index (χ2n) is 6.44. The van der Waals surface area contributed by atoms with Crippen LogP contribution in [0.2, 0.25) is 0 Å². The number of rotatable bonds is 6. The number of hydrogen-bond donors (Lipinski definition) is 3. The molecule has 28 heavy (non-hydrogen) atoms. The highest BCUT2D eigenvalue weighted by Crippen LogP contribution is 2.31. The summed E-state index contributed by atoms with van der Waals surface area (Å²) in [5.74, 6) is -3.26. The van der Waals surface area contributed by atoms with E-state index in [0.717, 1.165) is 15.9 Å². The third-order valence-electron chi connectivity index (χ3n) is 4.77. The molecule has 1 amide bonds. The van der Waals surface area contributed by atoms with Crippen molar-refractivity contribution in [3.05, 3.63) is 60.3 Å². The minimum absolute atomic E-state index is 0.256. The number of hydrazine groups is 1. The number of Topliss-reactive ketones (excluding diaryl/α,β-unsaturated/α-hetero) is 1. The quantitative estimate of drug-likeness (QED) is 0.344. The van der Waals surface area contributed by atoms with Gasteiger partial charge in [-0.3, -0.25) is 19.8 Å². The number of aromatic amines is 1. The summed E-state index contributed by atoms with van der Waals surface area (Å²) in [6.45, 7) is 0. The van der Waals surface area contributed by atoms with Crippen LogP contribution in [0.3, 0.4) is 0 Å². The Bertz CT molecular complexity index is 1040. The number of aromatic nitrogens is 1. The molecule has 0 bridgehead atoms. The third kappa shape index (κ3) is 2.84. The van der Waals surface area contributed by atoms with Gasteiger partial charge < -0.3 is 14.8 Å². The van der Waals surface area contributed by atoms with E-state index in [1.165, 1.54) is 7.11 Å². The number of carboxylic acid groups (broad SMARTS) is 1. The number of nitrogens with zero attached hydrogens (tertiary/aromatic N) is 1. The van der Waals surface area contributed by atoms with Gasteiger partial charge in [0.25, 0.3) is 5.91 Å². The van der Waals surface area contributed by atoms with Crippen molar-refractivity contribution in [2.45, 2.75) is 6.04 Å². The number of methoxy groups -OCH3 is 1. The number of hydrogen-bond acceptors (Lipinski definition) is 5. The minimum atomic E-state index is -1.43. The van der Waals surface area contributed by atoms with E-state index in [0.29, 0.717) is 11.4 Å². The molecule has 0 aliphatic carbocycles. The van der Waals surface area contributed by atoms with Crippen molar-refractivity contribution >= 4 is 34.3 Å². The predicted octanol–water partition coefficient (Wildman–Crippen LogP) is 2.30. The zero-order chi connectivity index (χ0) is 19.8. The molecular formula is C20H17N3O5. The molecule has 0 unspecified atom stereocenters. The summed E-state index contributed by atoms with van der Waals surface area (Å²) in [4.78, 5) is 39.9. The molecule has 0 radical (unpaired) electrons. The van der Waals surface area contributed by atoms with Gasteiger partial charge >= 0.3 is 5.97 Å². The number of aliphatic carboxylic acids is 1. The van der Waals surface area contributed by atoms with Crippen molar-refractivity contribution < 1.29 is 24.2 Å². The van der Waals surface area contributed by atoms with Gasteiger partial charge in [0.15, 0.2) is 5.92 Å². The summed E-state index contributed by atoms with van der Waals surface area (Å²) in [7, 11) is 1.54. The number of β-lactam (4-membered cyclic amide) rings is 1. The number of para-hydroxylation sites is 1. The van der Waals surface area contributed by atoms with Crippen LogP contribution in [0, 0.1) is 5.92 Å². The number of H-pyrrole nitrogens is 1. The monoisotopic (exact) mass is 379 g/mol. The zero-order valence-corrected chi connectivity index (χ0v) is 14.9. The molecule has 1 aliphatic heterocycles. The molecule has 1 aromatic heterocycles. The van der Waals surface area contributed by atoms with Crippen LogP contribution < -0.4 is 10.2 Å². The fraction of sp³-hybridized carbons (Fsp3) is 0.150. The first kappa shape index (κ1) is 17.6. The van der Waals surface area contributed by atoms with Gasteiger partial charge in [-0.15, -0.1) is 0 Å². The van der Waals surface area contributed by atoms with Gasteiger partial charge in [0.2, 0.25) is 5.78 Å². The number of carbonyl (C=O) groups is 3. The van der Waals surface area contributed by atoms with E-state index < -0.39 is 29.6 Å². The Morgan fingerprint density at radius 2 is 1.86 bits per heavy atom. The van der Waals surface area contributed by atoms with Gasteiger partial charge in [-0.2, -0.15) is 0 Å². The first-order valence-electron chi connectivity index (χ1n) is 8.58. The Morgan fingerprint density at radius 1 is 1.14 bits per heavy atom. The molecule has 1 saturated heterocycles. The Labute approximate surface area is 159 Å². The van der Waals surface area contributed by atoms with E-state index in [2.05, 4.69) is 10.4 Å². The maximum Gasteiger partial charge on any atom is 0.318 e. The number of ketones is 1. The molecule has 2 aromatic carbocycles. The summed E-state index contributed by atoms with van der Waals surface area (Å²) in [5.41, 5.74) is 4.38. The van der Waals surface area contributed by atoms with E-state index in [9.17, 15) is 19.5 Å². The first-order valence-corrected chi connectivity index (χ1v) is 8.58. The van der Waals surface area contributed by atoms with Gasteiger partial charge in [0.05, 0.1) is 18.5 Å². The van der Waals surface area contributed by atoms with Gasteiger partial charge in [-0.25, -0.2) is 5.01 Å². The molecule has 1 aliphatic rings. The van der Waals surface area contributed by atoms with Gasteiger partial charge in [-0.05, 0) is 36.4 Å². The van der Waals surface area contributed by atoms with Crippen LogP contribution in [0.15, 0.2) is 54.6 Å². The van der Waals surface area contributed by atoms with Crippen molar-refractivity contribution in [2.24, 2.45) is 5.92 Å². The van der Waals surface area contributed by atoms with Crippen molar-refractivity contribution in [1.29, 1.82) is 0 Å². The van der Waals surface area contributed by atoms with Crippen LogP contribution in [0.25, 0.3) is 10.9 Å². The van der Waals surface area contributed by atoms with Crippen LogP contribution in [0.4, 0.5) is 5.69 Å². The molecule has 4 rings (SSSR count). The standard InChI is InChI=1S/C20H17N3O5/c1-28-13-8-6-12(7-9-13)22-23-17(16(19(23)25)20(26)27)18(24)15-10-11-4-2-3-5-14(11)21-15/h2-10,16-17,21-22H,1H3,(H,26,27)/t16-,17+/m1/s1. The number of carbonyl (C=O) groups excluding carboxylic acids is 2. The highest BCUT2D eigenvalue weighted by molar-refractivity contribution is 6.15. The molecule has 3 N–H and O–H groups in total. The summed E-state index contributed by atoms with van der Waals surface area (Å²) in [6.07, 6.45) is 0. The largest absolute Gasteiger partial charge is 0.497 e. The molecule has 3 aromatic rings. The van der Waals surface area contributed by atoms with Crippen LogP contribution in [0.1, 0.15) is 10.5 Å². The lowest BCUT2D eigenvalue weighted by atomic mass is 9.85. The van der Waals surface area contributed by atoms with E-state index >= 15 is 0 Å². The number of fused-ring (bicyclic) bond motifs is 1. The SMILES string of the molecule is COc1ccc(NN2C(=O)[C@H](C(=O)O)[C@H]2C(=O)c2cc3ccccc3[nH]2)cc1. The van der Waals surface area contributed by atoms with Crippen LogP contribution in [0.5, 0.6) is 5.75 Å². The van der Waals surface area contributed by atoms with Crippen molar-refractivity contribution in [1.82, 2.24) is 9.99 Å². The number of ether oxygens (including phenoxy) is 1. The van der Waals surface area contributed by atoms with Crippen LogP contribution in [-0.4, -0.2) is 45.9 Å². The Balaban J connectivity index is 1.62. The average Bonchev–Trinajstić information content (AvgIpc) is 3.14. The predicted molar refractivity (Wildman–Crippen MR) is 101 cm³/mol. The topological polar surface area (TPSA) is 112 Å².